The predicted molar refractivity (Wildman–Crippen MR) is 72.2 cm³/mol. The zero-order chi connectivity index (χ0) is 13.6. The Labute approximate surface area is 121 Å². The Morgan fingerprint density at radius 1 is 1.32 bits per heavy atom. The minimum absolute atomic E-state index is 0.0111. The number of hydrogen-bond donors (Lipinski definition) is 0. The molecule has 0 spiro atoms. The molecule has 1 aromatic rings. The summed E-state index contributed by atoms with van der Waals surface area (Å²) in [6.45, 7) is 2.72. The highest BCUT2D eigenvalue weighted by atomic mass is 79.9. The Balaban J connectivity index is 1.83. The average Bonchev–Trinajstić information content (AvgIpc) is 3.11. The lowest BCUT2D eigenvalue weighted by atomic mass is 10.2. The molecule has 0 bridgehead atoms. The first-order chi connectivity index (χ1) is 8.96. The van der Waals surface area contributed by atoms with E-state index in [1.807, 2.05) is 6.92 Å². The summed E-state index contributed by atoms with van der Waals surface area (Å²) < 4.78 is 37.9. The van der Waals surface area contributed by atoms with E-state index in [1.165, 1.54) is 10.4 Å². The molecule has 2 aliphatic rings. The van der Waals surface area contributed by atoms with Crippen molar-refractivity contribution in [1.29, 1.82) is 0 Å². The van der Waals surface area contributed by atoms with Gasteiger partial charge >= 0.3 is 0 Å². The molecule has 3 rings (SSSR count). The molecule has 106 valence electrons. The third kappa shape index (κ3) is 2.74. The van der Waals surface area contributed by atoms with Gasteiger partial charge < -0.3 is 9.15 Å². The molecule has 7 heteroatoms. The van der Waals surface area contributed by atoms with Crippen molar-refractivity contribution in [3.63, 3.8) is 0 Å². The molecule has 1 aromatic heterocycles. The monoisotopic (exact) mass is 349 g/mol. The fourth-order valence-electron chi connectivity index (χ4n) is 2.43. The highest BCUT2D eigenvalue weighted by Gasteiger charge is 2.41. The number of nitrogens with zero attached hydrogens (tertiary/aromatic N) is 1. The molecular weight excluding hydrogens is 334 g/mol. The summed E-state index contributed by atoms with van der Waals surface area (Å²) in [6, 6.07) is 3.07. The number of furan rings is 1. The van der Waals surface area contributed by atoms with E-state index in [2.05, 4.69) is 15.9 Å². The number of morpholine rings is 1. The zero-order valence-electron chi connectivity index (χ0n) is 10.6. The van der Waals surface area contributed by atoms with Crippen molar-refractivity contribution in [3.8, 4) is 0 Å². The number of hydrogen-bond acceptors (Lipinski definition) is 4. The molecule has 1 saturated carbocycles. The molecule has 0 aromatic carbocycles. The van der Waals surface area contributed by atoms with Crippen molar-refractivity contribution in [2.45, 2.75) is 37.1 Å². The normalized spacial score (nSPS) is 29.6. The molecule has 2 unspecified atom stereocenters. The van der Waals surface area contributed by atoms with Crippen LogP contribution in [0.4, 0.5) is 0 Å². The van der Waals surface area contributed by atoms with E-state index in [1.54, 1.807) is 6.07 Å². The highest BCUT2D eigenvalue weighted by molar-refractivity contribution is 9.10. The van der Waals surface area contributed by atoms with Crippen LogP contribution in [0.3, 0.4) is 0 Å². The van der Waals surface area contributed by atoms with Gasteiger partial charge in [-0.15, -0.1) is 0 Å². The first-order valence-electron chi connectivity index (χ1n) is 6.38. The molecule has 2 atom stereocenters. The van der Waals surface area contributed by atoms with Crippen LogP contribution in [0.25, 0.3) is 0 Å². The highest BCUT2D eigenvalue weighted by Crippen LogP contribution is 2.37. The van der Waals surface area contributed by atoms with Gasteiger partial charge in [-0.3, -0.25) is 0 Å². The van der Waals surface area contributed by atoms with Gasteiger partial charge in [0.1, 0.15) is 0 Å². The van der Waals surface area contributed by atoms with Gasteiger partial charge in [0.2, 0.25) is 5.09 Å². The maximum absolute atomic E-state index is 12.5. The van der Waals surface area contributed by atoms with E-state index in [4.69, 9.17) is 9.15 Å². The maximum Gasteiger partial charge on any atom is 0.276 e. The van der Waals surface area contributed by atoms with Crippen LogP contribution in [0.15, 0.2) is 26.3 Å². The molecule has 2 fully saturated rings. The van der Waals surface area contributed by atoms with E-state index in [0.717, 1.165) is 12.8 Å². The lowest BCUT2D eigenvalue weighted by Crippen LogP contribution is -2.49. The Bertz CT molecular complexity index is 566. The van der Waals surface area contributed by atoms with E-state index >= 15 is 0 Å². The Hall–Kier alpha value is -0.370. The second kappa shape index (κ2) is 4.87. The third-order valence-electron chi connectivity index (χ3n) is 3.54. The second-order valence-electron chi connectivity index (χ2n) is 5.20. The van der Waals surface area contributed by atoms with Crippen molar-refractivity contribution in [1.82, 2.24) is 4.31 Å². The Morgan fingerprint density at radius 3 is 2.63 bits per heavy atom. The van der Waals surface area contributed by atoms with Crippen LogP contribution < -0.4 is 0 Å². The van der Waals surface area contributed by atoms with Crippen molar-refractivity contribution in [3.05, 3.63) is 16.8 Å². The molecule has 0 radical (unpaired) electrons. The van der Waals surface area contributed by atoms with E-state index < -0.39 is 10.0 Å². The van der Waals surface area contributed by atoms with Crippen molar-refractivity contribution >= 4 is 26.0 Å². The number of ether oxygens (including phenoxy) is 1. The van der Waals surface area contributed by atoms with Gasteiger partial charge in [-0.25, -0.2) is 8.42 Å². The van der Waals surface area contributed by atoms with E-state index in [9.17, 15) is 8.42 Å². The largest absolute Gasteiger partial charge is 0.437 e. The molecule has 5 nitrogen and oxygen atoms in total. The van der Waals surface area contributed by atoms with Crippen LogP contribution in [0.2, 0.25) is 0 Å². The summed E-state index contributed by atoms with van der Waals surface area (Å²) in [4.78, 5) is 0. The van der Waals surface area contributed by atoms with E-state index in [0.29, 0.717) is 23.7 Å². The minimum Gasteiger partial charge on any atom is -0.437 e. The van der Waals surface area contributed by atoms with Gasteiger partial charge in [-0.05, 0) is 53.7 Å². The fraction of sp³-hybridized carbons (Fsp3) is 0.667. The quantitative estimate of drug-likeness (QED) is 0.839. The van der Waals surface area contributed by atoms with Gasteiger partial charge in [-0.1, -0.05) is 0 Å². The molecule has 19 heavy (non-hydrogen) atoms. The first kappa shape index (κ1) is 13.6. The van der Waals surface area contributed by atoms with E-state index in [-0.39, 0.29) is 17.3 Å². The van der Waals surface area contributed by atoms with Crippen molar-refractivity contribution < 1.29 is 17.6 Å². The van der Waals surface area contributed by atoms with Gasteiger partial charge in [-0.2, -0.15) is 4.31 Å². The van der Waals surface area contributed by atoms with Crippen LogP contribution in [0, 0.1) is 5.92 Å². The third-order valence-corrected chi connectivity index (χ3v) is 5.67. The SMILES string of the molecule is CC1CN(S(=O)(=O)c2ccc(Br)o2)CC(C2CC2)O1. The van der Waals surface area contributed by atoms with Crippen LogP contribution in [0.1, 0.15) is 19.8 Å². The summed E-state index contributed by atoms with van der Waals surface area (Å²) in [7, 11) is -3.56. The fourth-order valence-corrected chi connectivity index (χ4v) is 4.29. The predicted octanol–water partition coefficient (Wildman–Crippen LogP) is 2.23. The molecule has 0 N–H and O–H groups in total. The first-order valence-corrected chi connectivity index (χ1v) is 8.61. The second-order valence-corrected chi connectivity index (χ2v) is 7.85. The number of halogens is 1. The van der Waals surface area contributed by atoms with Crippen LogP contribution in [-0.4, -0.2) is 38.0 Å². The molecule has 0 amide bonds. The standard InChI is InChI=1S/C12H16BrNO4S/c1-8-6-14(7-10(17-8)9-2-3-9)19(15,16)12-5-4-11(13)18-12/h4-5,8-10H,2-3,6-7H2,1H3. The Morgan fingerprint density at radius 2 is 2.05 bits per heavy atom. The minimum atomic E-state index is -3.56. The summed E-state index contributed by atoms with van der Waals surface area (Å²) in [6.07, 6.45) is 2.22. The summed E-state index contributed by atoms with van der Waals surface area (Å²) in [5.41, 5.74) is 0. The van der Waals surface area contributed by atoms with Gasteiger partial charge in [0.05, 0.1) is 12.2 Å². The van der Waals surface area contributed by atoms with Crippen LogP contribution in [0.5, 0.6) is 0 Å². The molecule has 1 saturated heterocycles. The summed E-state index contributed by atoms with van der Waals surface area (Å²) in [5.74, 6) is 0.517. The van der Waals surface area contributed by atoms with Gasteiger partial charge in [0.25, 0.3) is 10.0 Å². The molecule has 1 aliphatic carbocycles. The summed E-state index contributed by atoms with van der Waals surface area (Å²) >= 11 is 3.13. The van der Waals surface area contributed by atoms with Crippen LogP contribution >= 0.6 is 15.9 Å². The lowest BCUT2D eigenvalue weighted by molar-refractivity contribution is -0.0639. The zero-order valence-corrected chi connectivity index (χ0v) is 13.0. The van der Waals surface area contributed by atoms with Gasteiger partial charge in [0, 0.05) is 13.1 Å². The smallest absolute Gasteiger partial charge is 0.276 e. The van der Waals surface area contributed by atoms with Crippen LogP contribution in [-0.2, 0) is 14.8 Å². The maximum atomic E-state index is 12.5. The summed E-state index contributed by atoms with van der Waals surface area (Å²) in [5, 5.41) is -0.0111. The Kier molecular flexibility index (Phi) is 3.49. The lowest BCUT2D eigenvalue weighted by Gasteiger charge is -2.35. The average molecular weight is 350 g/mol. The molecule has 1 aliphatic heterocycles. The van der Waals surface area contributed by atoms with Crippen molar-refractivity contribution in [2.75, 3.05) is 13.1 Å². The molecule has 2 heterocycles. The number of rotatable bonds is 3. The number of sulfonamides is 1. The van der Waals surface area contributed by atoms with Crippen molar-refractivity contribution in [2.24, 2.45) is 5.92 Å². The molecular formula is C12H16BrNO4S. The topological polar surface area (TPSA) is 59.8 Å². The van der Waals surface area contributed by atoms with Gasteiger partial charge in [0.15, 0.2) is 4.67 Å².